The molecule has 1 aromatic rings. The van der Waals surface area contributed by atoms with Gasteiger partial charge in [0, 0.05) is 0 Å². The van der Waals surface area contributed by atoms with Crippen molar-refractivity contribution in [2.75, 3.05) is 6.61 Å². The van der Waals surface area contributed by atoms with Crippen LogP contribution < -0.4 is 61.2 Å². The number of carbonyl (C=O) groups excluding carboxylic acids is 1. The Labute approximate surface area is 216 Å². The van der Waals surface area contributed by atoms with Gasteiger partial charge >= 0.3 is 51.4 Å². The van der Waals surface area contributed by atoms with E-state index in [1.54, 1.807) is 0 Å². The van der Waals surface area contributed by atoms with Crippen LogP contribution in [0.5, 0.6) is 5.75 Å². The molecule has 29 heavy (non-hydrogen) atoms. The Morgan fingerprint density at radius 2 is 2.07 bits per heavy atom. The zero-order chi connectivity index (χ0) is 20.1. The van der Waals surface area contributed by atoms with Gasteiger partial charge in [-0.25, -0.2) is 0 Å². The molecule has 0 radical (unpaired) electrons. The first-order valence-corrected chi connectivity index (χ1v) is 10.8. The maximum absolute atomic E-state index is 10.7. The van der Waals surface area contributed by atoms with Gasteiger partial charge in [0.25, 0.3) is 0 Å². The van der Waals surface area contributed by atoms with E-state index >= 15 is 0 Å². The van der Waals surface area contributed by atoms with Crippen molar-refractivity contribution in [3.63, 3.8) is 0 Å². The molecule has 0 amide bonds. The molecule has 0 unspecified atom stereocenters. The summed E-state index contributed by atoms with van der Waals surface area (Å²) in [6, 6.07) is 5.80. The maximum atomic E-state index is 10.7. The second-order valence-electron chi connectivity index (χ2n) is 8.58. The number of ether oxygens (including phenoxy) is 1. The normalized spacial score (nSPS) is 26.2. The number of carbonyl (C=O) groups is 1. The Bertz CT molecular complexity index is 665. The van der Waals surface area contributed by atoms with Gasteiger partial charge in [-0.05, 0) is 73.5 Å². The average Bonchev–Trinajstić information content (AvgIpc) is 2.97. The smallest absolute Gasteiger partial charge is 0.546 e. The van der Waals surface area contributed by atoms with Crippen molar-refractivity contribution in [2.45, 2.75) is 76.9 Å². The molecule has 2 aliphatic carbocycles. The number of unbranched alkanes of at least 4 members (excludes halogenated alkanes) is 2. The van der Waals surface area contributed by atoms with E-state index in [2.05, 4.69) is 13.0 Å². The number of hydrogen-bond acceptors (Lipinski definition) is 5. The van der Waals surface area contributed by atoms with Crippen molar-refractivity contribution >= 4 is 5.97 Å². The van der Waals surface area contributed by atoms with Gasteiger partial charge < -0.3 is 24.9 Å². The van der Waals surface area contributed by atoms with Crippen molar-refractivity contribution < 1.29 is 76.2 Å². The standard InChI is InChI=1S/C23H34O5.K/c1-2-3-4-7-17(24)9-10-18-19-11-15-6-5-8-22(28-14-23(26)27)20(15)12-16(19)13-21(18)25;/h5-6,8,16-19,21,24-25H,2-4,7,9-14H2,1H3,(H,26,27);/q;+1/p-1/t16-,17-,18+,19-,21+;/m0./s1. The number of aliphatic carboxylic acids is 1. The number of aliphatic hydroxyl groups excluding tert-OH is 2. The Hall–Kier alpha value is 0.0464. The largest absolute Gasteiger partial charge is 1.00 e. The predicted octanol–water partition coefficient (Wildman–Crippen LogP) is -0.747. The fraction of sp³-hybridized carbons (Fsp3) is 0.696. The summed E-state index contributed by atoms with van der Waals surface area (Å²) < 4.78 is 5.44. The van der Waals surface area contributed by atoms with Crippen molar-refractivity contribution in [1.82, 2.24) is 0 Å². The molecule has 6 heteroatoms. The van der Waals surface area contributed by atoms with E-state index in [1.807, 2.05) is 12.1 Å². The van der Waals surface area contributed by atoms with Crippen molar-refractivity contribution in [3.8, 4) is 5.75 Å². The quantitative estimate of drug-likeness (QED) is 0.378. The summed E-state index contributed by atoms with van der Waals surface area (Å²) in [5.74, 6) is 0.440. The molecular formula is C23H33KO5. The van der Waals surface area contributed by atoms with Crippen LogP contribution in [0.3, 0.4) is 0 Å². The molecule has 156 valence electrons. The number of rotatable bonds is 10. The topological polar surface area (TPSA) is 89.8 Å². The Morgan fingerprint density at radius 3 is 2.79 bits per heavy atom. The van der Waals surface area contributed by atoms with Gasteiger partial charge in [0.15, 0.2) is 0 Å². The monoisotopic (exact) mass is 428 g/mol. The van der Waals surface area contributed by atoms with Crippen LogP contribution in [0, 0.1) is 17.8 Å². The molecule has 1 saturated carbocycles. The summed E-state index contributed by atoms with van der Waals surface area (Å²) in [5.41, 5.74) is 2.28. The molecule has 0 aliphatic heterocycles. The van der Waals surface area contributed by atoms with E-state index in [0.29, 0.717) is 17.6 Å². The third kappa shape index (κ3) is 6.76. The molecule has 5 atom stereocenters. The van der Waals surface area contributed by atoms with Gasteiger partial charge in [0.1, 0.15) is 12.4 Å². The molecule has 0 saturated heterocycles. The minimum Gasteiger partial charge on any atom is -0.546 e. The molecule has 0 bridgehead atoms. The SMILES string of the molecule is CCCCC[C@H](O)CC[C@@H]1[C@H]2Cc3cccc(OCC(=O)[O-])c3C[C@H]2C[C@H]1O.[K+]. The van der Waals surface area contributed by atoms with Crippen LogP contribution in [0.4, 0.5) is 0 Å². The van der Waals surface area contributed by atoms with E-state index < -0.39 is 12.6 Å². The molecule has 0 heterocycles. The summed E-state index contributed by atoms with van der Waals surface area (Å²) in [7, 11) is 0. The molecule has 1 aromatic carbocycles. The number of carboxylic acid groups (broad SMARTS) is 1. The molecule has 0 aromatic heterocycles. The minimum absolute atomic E-state index is 0. The molecule has 3 rings (SSSR count). The van der Waals surface area contributed by atoms with Crippen molar-refractivity contribution in [1.29, 1.82) is 0 Å². The zero-order valence-electron chi connectivity index (χ0n) is 17.8. The average molecular weight is 429 g/mol. The van der Waals surface area contributed by atoms with Crippen LogP contribution in [-0.4, -0.2) is 35.0 Å². The van der Waals surface area contributed by atoms with E-state index in [4.69, 9.17) is 4.74 Å². The molecule has 2 N–H and O–H groups in total. The first kappa shape index (κ1) is 25.3. The predicted molar refractivity (Wildman–Crippen MR) is 105 cm³/mol. The van der Waals surface area contributed by atoms with E-state index in [-0.39, 0.29) is 69.5 Å². The second kappa shape index (κ2) is 12.2. The summed E-state index contributed by atoms with van der Waals surface area (Å²) in [6.07, 6.45) is 7.76. The molecule has 1 fully saturated rings. The molecular weight excluding hydrogens is 395 g/mol. The van der Waals surface area contributed by atoms with Crippen LogP contribution in [0.15, 0.2) is 18.2 Å². The summed E-state index contributed by atoms with van der Waals surface area (Å²) in [5, 5.41) is 31.7. The van der Waals surface area contributed by atoms with Crippen LogP contribution in [0.25, 0.3) is 0 Å². The van der Waals surface area contributed by atoms with E-state index in [0.717, 1.165) is 63.4 Å². The third-order valence-corrected chi connectivity index (χ3v) is 6.67. The summed E-state index contributed by atoms with van der Waals surface area (Å²) >= 11 is 0. The second-order valence-corrected chi connectivity index (χ2v) is 8.58. The van der Waals surface area contributed by atoms with Gasteiger partial charge in [0.05, 0.1) is 18.2 Å². The molecule has 5 nitrogen and oxygen atoms in total. The van der Waals surface area contributed by atoms with Crippen molar-refractivity contribution in [3.05, 3.63) is 29.3 Å². The van der Waals surface area contributed by atoms with E-state index in [9.17, 15) is 20.1 Å². The Morgan fingerprint density at radius 1 is 1.28 bits per heavy atom. The third-order valence-electron chi connectivity index (χ3n) is 6.67. The van der Waals surface area contributed by atoms with Gasteiger partial charge in [-0.2, -0.15) is 0 Å². The van der Waals surface area contributed by atoms with Crippen LogP contribution in [0.1, 0.15) is 63.0 Å². The maximum Gasteiger partial charge on any atom is 1.00 e. The number of carboxylic acids is 1. The first-order valence-electron chi connectivity index (χ1n) is 10.8. The minimum atomic E-state index is -1.22. The van der Waals surface area contributed by atoms with Crippen LogP contribution in [0.2, 0.25) is 0 Å². The fourth-order valence-corrected chi connectivity index (χ4v) is 5.24. The number of aliphatic hydroxyl groups is 2. The number of fused-ring (bicyclic) bond motifs is 2. The number of hydrogen-bond donors (Lipinski definition) is 2. The van der Waals surface area contributed by atoms with E-state index in [1.165, 1.54) is 5.56 Å². The van der Waals surface area contributed by atoms with Gasteiger partial charge in [-0.15, -0.1) is 0 Å². The van der Waals surface area contributed by atoms with Crippen molar-refractivity contribution in [2.24, 2.45) is 17.8 Å². The Kier molecular flexibility index (Phi) is 10.6. The summed E-state index contributed by atoms with van der Waals surface area (Å²) in [4.78, 5) is 10.7. The Balaban J connectivity index is 0.00000300. The van der Waals surface area contributed by atoms with Gasteiger partial charge in [-0.3, -0.25) is 0 Å². The zero-order valence-corrected chi connectivity index (χ0v) is 20.9. The fourth-order valence-electron chi connectivity index (χ4n) is 5.24. The molecule has 0 spiro atoms. The first-order chi connectivity index (χ1) is 13.5. The van der Waals surface area contributed by atoms with Crippen LogP contribution >= 0.6 is 0 Å². The number of benzene rings is 1. The van der Waals surface area contributed by atoms with Crippen LogP contribution in [-0.2, 0) is 17.6 Å². The van der Waals surface area contributed by atoms with Gasteiger partial charge in [0.2, 0.25) is 0 Å². The molecule has 2 aliphatic rings. The van der Waals surface area contributed by atoms with Gasteiger partial charge in [-0.1, -0.05) is 38.3 Å². The summed E-state index contributed by atoms with van der Waals surface area (Å²) in [6.45, 7) is 1.73.